The van der Waals surface area contributed by atoms with E-state index in [-0.39, 0.29) is 42.3 Å². The average Bonchev–Trinajstić information content (AvgIpc) is 3.03. The van der Waals surface area contributed by atoms with Crippen LogP contribution in [0.3, 0.4) is 0 Å². The molecule has 2 unspecified atom stereocenters. The van der Waals surface area contributed by atoms with Crippen molar-refractivity contribution in [2.24, 2.45) is 0 Å². The Morgan fingerprint density at radius 3 is 2.40 bits per heavy atom. The molecule has 0 saturated carbocycles. The summed E-state index contributed by atoms with van der Waals surface area (Å²) in [5.74, 6) is 0.467. The number of nitrogens with one attached hydrogen (secondary N) is 1. The van der Waals surface area contributed by atoms with Gasteiger partial charge < -0.3 is 19.9 Å². The van der Waals surface area contributed by atoms with Crippen LogP contribution in [0.15, 0.2) is 54.9 Å². The number of fused-ring (bicyclic) bond motifs is 1. The number of likely N-dealkylation sites (tertiary alicyclic amines) is 1. The average molecular weight is 611 g/mol. The summed E-state index contributed by atoms with van der Waals surface area (Å²) < 4.78 is 6.60. The number of hydrogen-bond acceptors (Lipinski definition) is 8. The maximum absolute atomic E-state index is 13.2. The molecule has 5 rings (SSSR count). The molecule has 0 radical (unpaired) electrons. The Hall–Kier alpha value is -4.69. The third-order valence-electron chi connectivity index (χ3n) is 8.33. The Morgan fingerprint density at radius 1 is 1.07 bits per heavy atom. The number of nitriles is 1. The van der Waals surface area contributed by atoms with E-state index in [1.807, 2.05) is 50.8 Å². The van der Waals surface area contributed by atoms with Gasteiger partial charge in [0.1, 0.15) is 17.6 Å². The van der Waals surface area contributed by atoms with Crippen molar-refractivity contribution < 1.29 is 19.1 Å². The van der Waals surface area contributed by atoms with Gasteiger partial charge in [0, 0.05) is 72.2 Å². The topological polar surface area (TPSA) is 132 Å². The number of nitrogens with zero attached hydrogens (tertiary/aromatic N) is 6. The van der Waals surface area contributed by atoms with Crippen molar-refractivity contribution >= 4 is 23.3 Å². The Bertz CT molecular complexity index is 1600. The van der Waals surface area contributed by atoms with Crippen LogP contribution in [0.1, 0.15) is 81.5 Å². The lowest BCUT2D eigenvalue weighted by Gasteiger charge is -2.39. The van der Waals surface area contributed by atoms with E-state index in [4.69, 9.17) is 10.00 Å². The second-order valence-corrected chi connectivity index (χ2v) is 12.7. The molecule has 1 saturated heterocycles. The van der Waals surface area contributed by atoms with Crippen LogP contribution in [0.25, 0.3) is 11.1 Å². The lowest BCUT2D eigenvalue weighted by atomic mass is 9.89. The minimum absolute atomic E-state index is 0.0166. The molecule has 2 amide bonds. The van der Waals surface area contributed by atoms with Crippen molar-refractivity contribution in [1.82, 2.24) is 14.9 Å². The van der Waals surface area contributed by atoms with E-state index in [1.165, 1.54) is 6.20 Å². The molecule has 11 nitrogen and oxygen atoms in total. The zero-order valence-electron chi connectivity index (χ0n) is 26.5. The van der Waals surface area contributed by atoms with Crippen molar-refractivity contribution in [2.75, 3.05) is 30.0 Å². The SMILES string of the molecule is CC(=O)N1c2ccc(-c3ccc(C(=O)N4CCC([N+](=O)COC(C)(C)C)CC4)nc3)cc2C(Nc2ccc(C#N)cn2)CC1C. The van der Waals surface area contributed by atoms with Gasteiger partial charge >= 0.3 is 0 Å². The van der Waals surface area contributed by atoms with Crippen LogP contribution < -0.4 is 10.2 Å². The number of aromatic nitrogens is 2. The summed E-state index contributed by atoms with van der Waals surface area (Å²) in [6.45, 7) is 10.3. The van der Waals surface area contributed by atoms with Gasteiger partial charge in [-0.05, 0) is 75.6 Å². The normalized spacial score (nSPS) is 18.6. The van der Waals surface area contributed by atoms with Gasteiger partial charge in [-0.1, -0.05) is 12.1 Å². The number of pyridine rings is 2. The molecular weight excluding hydrogens is 570 g/mol. The van der Waals surface area contributed by atoms with Crippen LogP contribution in [0.4, 0.5) is 11.5 Å². The molecule has 234 valence electrons. The summed E-state index contributed by atoms with van der Waals surface area (Å²) in [6.07, 6.45) is 5.07. The first kappa shape index (κ1) is 31.7. The van der Waals surface area contributed by atoms with Gasteiger partial charge in [-0.3, -0.25) is 14.6 Å². The van der Waals surface area contributed by atoms with Gasteiger partial charge in [-0.15, -0.1) is 0 Å². The number of amides is 2. The van der Waals surface area contributed by atoms with Gasteiger partial charge in [0.25, 0.3) is 12.6 Å². The number of carbonyl (C=O) groups is 2. The highest BCUT2D eigenvalue weighted by atomic mass is 16.5. The third kappa shape index (κ3) is 7.35. The predicted octanol–water partition coefficient (Wildman–Crippen LogP) is 5.47. The fraction of sp³-hybridized carbons (Fsp3) is 0.441. The predicted molar refractivity (Wildman–Crippen MR) is 170 cm³/mol. The number of hydrogen-bond donors (Lipinski definition) is 1. The Morgan fingerprint density at radius 2 is 1.80 bits per heavy atom. The number of piperidine rings is 1. The minimum Gasteiger partial charge on any atom is -0.363 e. The first-order valence-electron chi connectivity index (χ1n) is 15.3. The number of rotatable bonds is 7. The van der Waals surface area contributed by atoms with Crippen molar-refractivity contribution in [2.45, 2.75) is 77.6 Å². The van der Waals surface area contributed by atoms with Crippen LogP contribution in [-0.4, -0.2) is 68.9 Å². The summed E-state index contributed by atoms with van der Waals surface area (Å²) in [4.78, 5) is 50.8. The summed E-state index contributed by atoms with van der Waals surface area (Å²) in [5.41, 5.74) is 4.00. The van der Waals surface area contributed by atoms with Crippen molar-refractivity contribution in [1.29, 1.82) is 5.26 Å². The fourth-order valence-corrected chi connectivity index (χ4v) is 5.96. The molecule has 11 heteroatoms. The highest BCUT2D eigenvalue weighted by molar-refractivity contribution is 5.95. The van der Waals surface area contributed by atoms with Crippen molar-refractivity contribution in [3.63, 3.8) is 0 Å². The smallest absolute Gasteiger partial charge is 0.296 e. The van der Waals surface area contributed by atoms with Gasteiger partial charge in [-0.25, -0.2) is 4.98 Å². The molecule has 1 N–H and O–H groups in total. The zero-order valence-corrected chi connectivity index (χ0v) is 26.5. The first-order valence-corrected chi connectivity index (χ1v) is 15.3. The number of carbonyl (C=O) groups excluding carboxylic acids is 2. The van der Waals surface area contributed by atoms with Crippen molar-refractivity contribution in [3.05, 3.63) is 76.6 Å². The fourth-order valence-electron chi connectivity index (χ4n) is 5.96. The molecule has 0 aliphatic carbocycles. The Kier molecular flexibility index (Phi) is 9.25. The highest BCUT2D eigenvalue weighted by Gasteiger charge is 2.35. The molecule has 0 spiro atoms. The Balaban J connectivity index is 1.30. The molecule has 2 aromatic heterocycles. The zero-order chi connectivity index (χ0) is 32.3. The van der Waals surface area contributed by atoms with Crippen LogP contribution in [0, 0.1) is 16.2 Å². The van der Waals surface area contributed by atoms with E-state index in [9.17, 15) is 14.5 Å². The maximum Gasteiger partial charge on any atom is 0.296 e. The van der Waals surface area contributed by atoms with Gasteiger partial charge in [0.05, 0.1) is 17.2 Å². The summed E-state index contributed by atoms with van der Waals surface area (Å²) in [6, 6.07) is 14.9. The molecule has 0 bridgehead atoms. The molecule has 1 fully saturated rings. The number of ether oxygens (including phenoxy) is 1. The third-order valence-corrected chi connectivity index (χ3v) is 8.33. The highest BCUT2D eigenvalue weighted by Crippen LogP contribution is 2.41. The van der Waals surface area contributed by atoms with E-state index < -0.39 is 0 Å². The first-order chi connectivity index (χ1) is 21.4. The van der Waals surface area contributed by atoms with E-state index in [0.717, 1.165) is 27.1 Å². The van der Waals surface area contributed by atoms with E-state index in [2.05, 4.69) is 27.4 Å². The number of anilines is 2. The van der Waals surface area contributed by atoms with E-state index >= 15 is 0 Å². The van der Waals surface area contributed by atoms with Crippen LogP contribution in [0.2, 0.25) is 0 Å². The quantitative estimate of drug-likeness (QED) is 0.275. The van der Waals surface area contributed by atoms with Crippen LogP contribution >= 0.6 is 0 Å². The molecule has 4 heterocycles. The lowest BCUT2D eigenvalue weighted by molar-refractivity contribution is -0.628. The minimum atomic E-state index is -0.383. The molecule has 2 aliphatic heterocycles. The number of nitroso groups, excluding NO2 is 1. The van der Waals surface area contributed by atoms with Gasteiger partial charge in [0.2, 0.25) is 11.9 Å². The molecule has 3 aromatic rings. The lowest BCUT2D eigenvalue weighted by Crippen LogP contribution is -2.44. The summed E-state index contributed by atoms with van der Waals surface area (Å²) in [5, 5.41) is 12.6. The second kappa shape index (κ2) is 13.1. The van der Waals surface area contributed by atoms with Crippen molar-refractivity contribution in [3.8, 4) is 17.2 Å². The van der Waals surface area contributed by atoms with E-state index in [0.29, 0.717) is 49.4 Å². The van der Waals surface area contributed by atoms with Gasteiger partial charge in [0.15, 0.2) is 0 Å². The Labute approximate surface area is 263 Å². The van der Waals surface area contributed by atoms with Crippen LogP contribution in [0.5, 0.6) is 0 Å². The molecule has 2 atom stereocenters. The standard InChI is InChI=1S/C34H40N7O4/c1-22-16-30(38-32-11-6-24(18-35)19-37-32)28-17-25(8-10-31(28)41(22)23(2)42)26-7-9-29(36-20-26)33(43)39-14-12-27(13-15-39)40(44)21-45-34(3,4)5/h6-11,17,19-20,22,27,30H,12-16,21H2,1-5H3,(H,37,38)/q+1. The molecule has 1 aromatic carbocycles. The summed E-state index contributed by atoms with van der Waals surface area (Å²) in [7, 11) is 0. The molecule has 45 heavy (non-hydrogen) atoms. The van der Waals surface area contributed by atoms with E-state index in [1.54, 1.807) is 36.2 Å². The van der Waals surface area contributed by atoms with Gasteiger partial charge in [-0.2, -0.15) is 5.26 Å². The maximum atomic E-state index is 13.2. The largest absolute Gasteiger partial charge is 0.363 e. The second-order valence-electron chi connectivity index (χ2n) is 12.7. The molecule has 2 aliphatic rings. The van der Waals surface area contributed by atoms with Crippen LogP contribution in [-0.2, 0) is 9.53 Å². The number of benzene rings is 1. The summed E-state index contributed by atoms with van der Waals surface area (Å²) >= 11 is 0. The molecular formula is C34H40N7O4+. The monoisotopic (exact) mass is 610 g/mol.